The number of ketones is 1. The van der Waals surface area contributed by atoms with E-state index >= 15 is 0 Å². The van der Waals surface area contributed by atoms with E-state index in [0.29, 0.717) is 5.39 Å². The Morgan fingerprint density at radius 3 is 2.16 bits per heavy atom. The van der Waals surface area contributed by atoms with Crippen molar-refractivity contribution >= 4 is 48.3 Å². The molecule has 4 rings (SSSR count). The lowest BCUT2D eigenvalue weighted by Crippen LogP contribution is -2.56. The van der Waals surface area contributed by atoms with Gasteiger partial charge in [-0.25, -0.2) is 4.79 Å². The molecule has 31 heavy (non-hydrogen) atoms. The van der Waals surface area contributed by atoms with Gasteiger partial charge in [-0.05, 0) is 12.1 Å². The van der Waals surface area contributed by atoms with Crippen molar-refractivity contribution in [2.45, 2.75) is 18.0 Å². The Kier molecular flexibility index (Phi) is 4.37. The Morgan fingerprint density at radius 1 is 0.903 bits per heavy atom. The van der Waals surface area contributed by atoms with E-state index in [-0.39, 0.29) is 10.3 Å². The number of carbonyl (C=O) groups excluding carboxylic acids is 1. The first-order chi connectivity index (χ1) is 14.3. The molecule has 162 valence electrons. The summed E-state index contributed by atoms with van der Waals surface area (Å²) >= 11 is 1.09. The fourth-order valence-electron chi connectivity index (χ4n) is 3.10. The Hall–Kier alpha value is -3.15. The van der Waals surface area contributed by atoms with Crippen LogP contribution in [0.25, 0.3) is 31.1 Å². The third kappa shape index (κ3) is 2.81. The van der Waals surface area contributed by atoms with Gasteiger partial charge in [-0.1, -0.05) is 24.3 Å². The predicted molar refractivity (Wildman–Crippen MR) is 97.3 cm³/mol. The first kappa shape index (κ1) is 21.1. The molecular weight excluding hydrogens is 457 g/mol. The standard InChI is InChI=1S/C19H7F7O4S/c20-17(21,18(22,23)19(24,25)26)15(28)11-12(27)9-6-5-8-7-3-1-2-4-10(7)31-14(8)13(9)30-16(11)29/h1-6,27H. The van der Waals surface area contributed by atoms with E-state index in [1.165, 1.54) is 6.07 Å². The van der Waals surface area contributed by atoms with Gasteiger partial charge in [-0.15, -0.1) is 11.3 Å². The predicted octanol–water partition coefficient (Wildman–Crippen LogP) is 5.88. The topological polar surface area (TPSA) is 67.5 Å². The summed E-state index contributed by atoms with van der Waals surface area (Å²) in [6.07, 6.45) is -6.79. The molecule has 2 aromatic heterocycles. The minimum Gasteiger partial charge on any atom is -0.506 e. The van der Waals surface area contributed by atoms with Crippen molar-refractivity contribution < 1.29 is 45.1 Å². The molecule has 0 aliphatic carbocycles. The van der Waals surface area contributed by atoms with Crippen LogP contribution in [0.4, 0.5) is 30.7 Å². The molecule has 0 radical (unpaired) electrons. The summed E-state index contributed by atoms with van der Waals surface area (Å²) in [5, 5.41) is 11.0. The van der Waals surface area contributed by atoms with Crippen LogP contribution in [0.15, 0.2) is 45.6 Å². The molecule has 0 fully saturated rings. The van der Waals surface area contributed by atoms with Crippen LogP contribution in [-0.4, -0.2) is 28.9 Å². The molecule has 0 aliphatic heterocycles. The molecule has 0 bridgehead atoms. The van der Waals surface area contributed by atoms with Crippen molar-refractivity contribution in [2.24, 2.45) is 0 Å². The highest BCUT2D eigenvalue weighted by atomic mass is 32.1. The summed E-state index contributed by atoms with van der Waals surface area (Å²) in [4.78, 5) is 24.1. The molecule has 2 heterocycles. The molecule has 2 aromatic carbocycles. The van der Waals surface area contributed by atoms with Crippen molar-refractivity contribution in [3.63, 3.8) is 0 Å². The van der Waals surface area contributed by atoms with E-state index in [0.717, 1.165) is 27.5 Å². The highest BCUT2D eigenvalue weighted by Crippen LogP contribution is 2.49. The minimum absolute atomic E-state index is 0.275. The number of alkyl halides is 7. The van der Waals surface area contributed by atoms with E-state index in [4.69, 9.17) is 4.42 Å². The SMILES string of the molecule is O=C(c1c(O)c2ccc3c4ccccc4sc3c2oc1=O)C(F)(F)C(F)(F)C(F)(F)F. The molecule has 12 heteroatoms. The smallest absolute Gasteiger partial charge is 0.460 e. The number of fused-ring (bicyclic) bond motifs is 5. The first-order valence-electron chi connectivity index (χ1n) is 8.26. The van der Waals surface area contributed by atoms with Crippen LogP contribution in [0.2, 0.25) is 0 Å². The first-order valence-corrected chi connectivity index (χ1v) is 9.08. The lowest BCUT2D eigenvalue weighted by Gasteiger charge is -2.26. The number of Topliss-reactive ketones (excluding diaryl/α,β-unsaturated/α-hetero) is 1. The molecule has 0 saturated heterocycles. The molecule has 4 nitrogen and oxygen atoms in total. The molecule has 1 N–H and O–H groups in total. The Morgan fingerprint density at radius 2 is 1.52 bits per heavy atom. The van der Waals surface area contributed by atoms with Crippen molar-refractivity contribution in [3.05, 3.63) is 52.4 Å². The summed E-state index contributed by atoms with van der Waals surface area (Å²) in [5.74, 6) is -17.8. The van der Waals surface area contributed by atoms with Crippen LogP contribution in [0.5, 0.6) is 5.75 Å². The van der Waals surface area contributed by atoms with Crippen molar-refractivity contribution in [1.82, 2.24) is 0 Å². The monoisotopic (exact) mass is 464 g/mol. The Bertz CT molecular complexity index is 1430. The van der Waals surface area contributed by atoms with Crippen molar-refractivity contribution in [1.29, 1.82) is 0 Å². The lowest BCUT2D eigenvalue weighted by molar-refractivity contribution is -0.339. The summed E-state index contributed by atoms with van der Waals surface area (Å²) in [7, 11) is 0. The van der Waals surface area contributed by atoms with Crippen molar-refractivity contribution in [3.8, 4) is 5.75 Å². The summed E-state index contributed by atoms with van der Waals surface area (Å²) < 4.78 is 97.1. The van der Waals surface area contributed by atoms with Gasteiger partial charge >= 0.3 is 23.6 Å². The minimum atomic E-state index is -6.79. The molecule has 0 unspecified atom stereocenters. The zero-order valence-corrected chi connectivity index (χ0v) is 15.5. The third-order valence-corrected chi connectivity index (χ3v) is 5.84. The fourth-order valence-corrected chi connectivity index (χ4v) is 4.29. The normalized spacial score (nSPS) is 13.4. The average molecular weight is 464 g/mol. The van der Waals surface area contributed by atoms with E-state index in [9.17, 15) is 45.4 Å². The van der Waals surface area contributed by atoms with Gasteiger partial charge in [-0.3, -0.25) is 4.79 Å². The Labute approximate surface area is 170 Å². The van der Waals surface area contributed by atoms with Gasteiger partial charge in [0.25, 0.3) is 0 Å². The maximum Gasteiger partial charge on any atom is 0.460 e. The number of aromatic hydroxyl groups is 1. The van der Waals surface area contributed by atoms with Crippen LogP contribution in [-0.2, 0) is 0 Å². The third-order valence-electron chi connectivity index (χ3n) is 4.65. The molecule has 0 aliphatic rings. The van der Waals surface area contributed by atoms with Gasteiger partial charge in [0, 0.05) is 15.5 Å². The summed E-state index contributed by atoms with van der Waals surface area (Å²) in [6.45, 7) is 0. The summed E-state index contributed by atoms with van der Waals surface area (Å²) in [5.41, 5.74) is -4.30. The molecule has 0 amide bonds. The van der Waals surface area contributed by atoms with Gasteiger partial charge in [-0.2, -0.15) is 30.7 Å². The second-order valence-electron chi connectivity index (χ2n) is 6.51. The Balaban J connectivity index is 1.98. The second-order valence-corrected chi connectivity index (χ2v) is 7.56. The highest BCUT2D eigenvalue weighted by molar-refractivity contribution is 7.26. The fraction of sp³-hybridized carbons (Fsp3) is 0.158. The quantitative estimate of drug-likeness (QED) is 0.234. The molecule has 4 aromatic rings. The van der Waals surface area contributed by atoms with Gasteiger partial charge in [0.15, 0.2) is 11.1 Å². The number of hydrogen-bond acceptors (Lipinski definition) is 5. The van der Waals surface area contributed by atoms with E-state index in [1.54, 1.807) is 24.3 Å². The maximum absolute atomic E-state index is 13.8. The van der Waals surface area contributed by atoms with Gasteiger partial charge < -0.3 is 9.52 Å². The molecule has 0 atom stereocenters. The summed E-state index contributed by atoms with van der Waals surface area (Å²) in [6, 6.07) is 9.36. The lowest BCUT2D eigenvalue weighted by atomic mass is 9.99. The van der Waals surface area contributed by atoms with Crippen LogP contribution in [0.1, 0.15) is 10.4 Å². The zero-order chi connectivity index (χ0) is 22.9. The zero-order valence-electron chi connectivity index (χ0n) is 14.7. The maximum atomic E-state index is 13.8. The molecular formula is C19H7F7O4S. The van der Waals surface area contributed by atoms with E-state index < -0.39 is 46.1 Å². The van der Waals surface area contributed by atoms with Crippen molar-refractivity contribution in [2.75, 3.05) is 0 Å². The number of hydrogen-bond donors (Lipinski definition) is 1. The van der Waals surface area contributed by atoms with Gasteiger partial charge in [0.05, 0.1) is 10.1 Å². The largest absolute Gasteiger partial charge is 0.506 e. The van der Waals surface area contributed by atoms with Gasteiger partial charge in [0.1, 0.15) is 5.75 Å². The highest BCUT2D eigenvalue weighted by Gasteiger charge is 2.76. The number of halogens is 7. The number of rotatable bonds is 3. The van der Waals surface area contributed by atoms with Gasteiger partial charge in [0.2, 0.25) is 5.78 Å². The van der Waals surface area contributed by atoms with Crippen LogP contribution in [0.3, 0.4) is 0 Å². The number of benzene rings is 2. The molecule has 0 saturated carbocycles. The van der Waals surface area contributed by atoms with Crippen LogP contribution >= 0.6 is 11.3 Å². The molecule has 0 spiro atoms. The number of thiophene rings is 1. The van der Waals surface area contributed by atoms with E-state index in [1.807, 2.05) is 0 Å². The van der Waals surface area contributed by atoms with Crippen LogP contribution in [0, 0.1) is 0 Å². The average Bonchev–Trinajstić information content (AvgIpc) is 3.06. The van der Waals surface area contributed by atoms with E-state index in [2.05, 4.69) is 0 Å². The number of carbonyl (C=O) groups is 1. The van der Waals surface area contributed by atoms with Crippen LogP contribution < -0.4 is 5.63 Å². The second kappa shape index (κ2) is 6.42.